The van der Waals surface area contributed by atoms with Crippen molar-refractivity contribution in [2.24, 2.45) is 5.10 Å². The molecule has 0 aliphatic carbocycles. The van der Waals surface area contributed by atoms with Gasteiger partial charge in [-0.3, -0.25) is 4.79 Å². The number of aromatic hydroxyl groups is 1. The highest BCUT2D eigenvalue weighted by Gasteiger charge is 2.29. The third-order valence-corrected chi connectivity index (χ3v) is 7.46. The van der Waals surface area contributed by atoms with Crippen LogP contribution in [-0.4, -0.2) is 43.0 Å². The molecule has 8 heteroatoms. The topological polar surface area (TPSA) is 99.1 Å². The summed E-state index contributed by atoms with van der Waals surface area (Å²) in [5.74, 6) is -0.420. The number of aryl methyl sites for hydroxylation is 3. The number of nitrogens with zero attached hydrogens (tertiary/aromatic N) is 2. The maximum atomic E-state index is 13.7. The molecule has 0 spiro atoms. The number of sulfonamides is 1. The molecule has 3 rings (SSSR count). The van der Waals surface area contributed by atoms with Gasteiger partial charge in [0.1, 0.15) is 5.75 Å². The van der Waals surface area contributed by atoms with Crippen LogP contribution in [0.5, 0.6) is 5.75 Å². The molecular weight excluding hydrogens is 450 g/mol. The first-order valence-corrected chi connectivity index (χ1v) is 12.3. The number of carbonyl (C=O) groups is 1. The number of carbonyl (C=O) groups excluding carboxylic acids is 1. The van der Waals surface area contributed by atoms with E-state index >= 15 is 0 Å². The van der Waals surface area contributed by atoms with E-state index < -0.39 is 15.9 Å². The Hall–Kier alpha value is -3.49. The van der Waals surface area contributed by atoms with Crippen molar-refractivity contribution in [2.45, 2.75) is 32.1 Å². The predicted octanol–water partition coefficient (Wildman–Crippen LogP) is 3.70. The summed E-state index contributed by atoms with van der Waals surface area (Å²) in [4.78, 5) is 12.9. The molecule has 7 nitrogen and oxygen atoms in total. The number of phenols is 1. The van der Waals surface area contributed by atoms with Gasteiger partial charge >= 0.3 is 0 Å². The zero-order valence-electron chi connectivity index (χ0n) is 19.5. The van der Waals surface area contributed by atoms with Crippen molar-refractivity contribution in [2.75, 3.05) is 13.1 Å². The minimum atomic E-state index is -3.93. The fourth-order valence-electron chi connectivity index (χ4n) is 3.82. The summed E-state index contributed by atoms with van der Waals surface area (Å²) in [5.41, 5.74) is 6.32. The Bertz CT molecular complexity index is 1250. The first-order chi connectivity index (χ1) is 16.2. The maximum Gasteiger partial charge on any atom is 0.255 e. The Morgan fingerprint density at radius 3 is 2.24 bits per heavy atom. The van der Waals surface area contributed by atoms with Crippen molar-refractivity contribution in [3.63, 3.8) is 0 Å². The summed E-state index contributed by atoms with van der Waals surface area (Å²) in [6, 6.07) is 19.5. The van der Waals surface area contributed by atoms with Crippen LogP contribution >= 0.6 is 0 Å². The molecule has 0 saturated carbocycles. The van der Waals surface area contributed by atoms with Crippen LogP contribution in [0.25, 0.3) is 0 Å². The average molecular weight is 480 g/mol. The second-order valence-corrected chi connectivity index (χ2v) is 10.1. The minimum Gasteiger partial charge on any atom is -0.508 e. The number of hydrogen-bond donors (Lipinski definition) is 2. The van der Waals surface area contributed by atoms with Gasteiger partial charge in [-0.2, -0.15) is 9.41 Å². The molecule has 3 aromatic carbocycles. The van der Waals surface area contributed by atoms with Crippen molar-refractivity contribution in [3.05, 3.63) is 94.5 Å². The van der Waals surface area contributed by atoms with Gasteiger partial charge in [-0.1, -0.05) is 48.0 Å². The van der Waals surface area contributed by atoms with Crippen LogP contribution in [0.3, 0.4) is 0 Å². The lowest BCUT2D eigenvalue weighted by molar-refractivity contribution is -0.121. The molecule has 1 amide bonds. The Labute approximate surface area is 200 Å². The van der Waals surface area contributed by atoms with E-state index in [2.05, 4.69) is 10.5 Å². The van der Waals surface area contributed by atoms with Gasteiger partial charge < -0.3 is 5.11 Å². The molecule has 2 N–H and O–H groups in total. The normalized spacial score (nSPS) is 11.8. The molecule has 0 radical (unpaired) electrons. The number of amides is 1. The number of benzene rings is 3. The monoisotopic (exact) mass is 479 g/mol. The predicted molar refractivity (Wildman–Crippen MR) is 133 cm³/mol. The Morgan fingerprint density at radius 1 is 1.00 bits per heavy atom. The van der Waals surface area contributed by atoms with Crippen LogP contribution in [0.15, 0.2) is 76.7 Å². The van der Waals surface area contributed by atoms with Crippen LogP contribution in [0.4, 0.5) is 0 Å². The van der Waals surface area contributed by atoms with E-state index in [0.29, 0.717) is 23.1 Å². The second-order valence-electron chi connectivity index (χ2n) is 8.19. The van der Waals surface area contributed by atoms with Crippen molar-refractivity contribution in [1.29, 1.82) is 0 Å². The lowest BCUT2D eigenvalue weighted by atomic mass is 10.1. The molecule has 178 valence electrons. The third-order valence-electron chi connectivity index (χ3n) is 5.31. The Morgan fingerprint density at radius 2 is 1.62 bits per heavy atom. The molecular formula is C26H29N3O4S. The number of nitrogens with one attached hydrogen (secondary N) is 1. The fourth-order valence-corrected chi connectivity index (χ4v) is 5.63. The van der Waals surface area contributed by atoms with E-state index in [-0.39, 0.29) is 23.7 Å². The van der Waals surface area contributed by atoms with Crippen LogP contribution in [0.2, 0.25) is 0 Å². The molecule has 0 saturated heterocycles. The highest BCUT2D eigenvalue weighted by Crippen LogP contribution is 2.25. The van der Waals surface area contributed by atoms with Crippen LogP contribution in [0.1, 0.15) is 27.8 Å². The van der Waals surface area contributed by atoms with Crippen LogP contribution < -0.4 is 5.43 Å². The summed E-state index contributed by atoms with van der Waals surface area (Å²) in [6.07, 6.45) is 1.89. The summed E-state index contributed by atoms with van der Waals surface area (Å²) < 4.78 is 28.5. The summed E-state index contributed by atoms with van der Waals surface area (Å²) in [6.45, 7) is 5.24. The number of hydrogen-bond acceptors (Lipinski definition) is 5. The van der Waals surface area contributed by atoms with Crippen molar-refractivity contribution in [3.8, 4) is 5.75 Å². The SMILES string of the molecule is Cc1cc(C)c(S(=O)(=O)N(CCc2ccccc2)CC(=O)N/N=C/c2ccc(O)cc2)c(C)c1. The molecule has 0 heterocycles. The van der Waals surface area contributed by atoms with Gasteiger partial charge in [0, 0.05) is 6.54 Å². The van der Waals surface area contributed by atoms with Gasteiger partial charge in [-0.15, -0.1) is 0 Å². The average Bonchev–Trinajstić information content (AvgIpc) is 2.77. The Balaban J connectivity index is 1.81. The molecule has 0 unspecified atom stereocenters. The largest absolute Gasteiger partial charge is 0.508 e. The zero-order chi connectivity index (χ0) is 24.7. The first-order valence-electron chi connectivity index (χ1n) is 10.9. The van der Waals surface area contributed by atoms with Gasteiger partial charge in [0.15, 0.2) is 0 Å². The summed E-state index contributed by atoms with van der Waals surface area (Å²) in [5, 5.41) is 13.3. The van der Waals surface area contributed by atoms with Gasteiger partial charge in [0.2, 0.25) is 10.0 Å². The number of hydrazone groups is 1. The highest BCUT2D eigenvalue weighted by atomic mass is 32.2. The van der Waals surface area contributed by atoms with E-state index in [0.717, 1.165) is 11.1 Å². The van der Waals surface area contributed by atoms with Crippen molar-refractivity contribution in [1.82, 2.24) is 9.73 Å². The summed E-state index contributed by atoms with van der Waals surface area (Å²) >= 11 is 0. The smallest absolute Gasteiger partial charge is 0.255 e. The number of phenolic OH excluding ortho intramolecular Hbond substituents is 1. The molecule has 3 aromatic rings. The van der Waals surface area contributed by atoms with E-state index in [1.54, 1.807) is 26.0 Å². The lowest BCUT2D eigenvalue weighted by Crippen LogP contribution is -2.41. The number of rotatable bonds is 9. The molecule has 0 fully saturated rings. The summed E-state index contributed by atoms with van der Waals surface area (Å²) in [7, 11) is -3.93. The standard InChI is InChI=1S/C26H29N3O4S/c1-19-15-20(2)26(21(3)16-19)34(32,33)29(14-13-22-7-5-4-6-8-22)18-25(31)28-27-17-23-9-11-24(30)12-10-23/h4-12,15-17,30H,13-14,18H2,1-3H3,(H,28,31)/b27-17+. The highest BCUT2D eigenvalue weighted by molar-refractivity contribution is 7.89. The van der Waals surface area contributed by atoms with Crippen LogP contribution in [0, 0.1) is 20.8 Å². The van der Waals surface area contributed by atoms with Crippen LogP contribution in [-0.2, 0) is 21.2 Å². The van der Waals surface area contributed by atoms with Crippen molar-refractivity contribution < 1.29 is 18.3 Å². The quantitative estimate of drug-likeness (QED) is 0.361. The lowest BCUT2D eigenvalue weighted by Gasteiger charge is -2.24. The van der Waals surface area contributed by atoms with E-state index in [1.807, 2.05) is 49.4 Å². The van der Waals surface area contributed by atoms with Crippen molar-refractivity contribution >= 4 is 22.1 Å². The second kappa shape index (κ2) is 11.1. The molecule has 0 atom stereocenters. The van der Waals surface area contributed by atoms with E-state index in [4.69, 9.17) is 0 Å². The van der Waals surface area contributed by atoms with Gasteiger partial charge in [-0.05, 0) is 73.7 Å². The molecule has 0 aromatic heterocycles. The minimum absolute atomic E-state index is 0.127. The molecule has 0 bridgehead atoms. The van der Waals surface area contributed by atoms with Gasteiger partial charge in [0.25, 0.3) is 5.91 Å². The Kier molecular flexibility index (Phi) is 8.20. The zero-order valence-corrected chi connectivity index (χ0v) is 20.3. The first kappa shape index (κ1) is 25.1. The van der Waals surface area contributed by atoms with E-state index in [1.165, 1.54) is 22.7 Å². The molecule has 0 aliphatic rings. The molecule has 0 aliphatic heterocycles. The molecule has 34 heavy (non-hydrogen) atoms. The van der Waals surface area contributed by atoms with Gasteiger partial charge in [-0.25, -0.2) is 13.8 Å². The maximum absolute atomic E-state index is 13.7. The fraction of sp³-hybridized carbons (Fsp3) is 0.231. The third kappa shape index (κ3) is 6.52. The van der Waals surface area contributed by atoms with E-state index in [9.17, 15) is 18.3 Å². The van der Waals surface area contributed by atoms with Gasteiger partial charge in [0.05, 0.1) is 17.7 Å².